The van der Waals surface area contributed by atoms with Gasteiger partial charge in [0.1, 0.15) is 6.04 Å². The van der Waals surface area contributed by atoms with Crippen LogP contribution in [-0.4, -0.2) is 29.1 Å². The largest absolute Gasteiger partial charge is 0.465 e. The average molecular weight is 298 g/mol. The topological polar surface area (TPSA) is 69.6 Å². The number of likely N-dealkylation sites (N-methyl/N-ethyl adjacent to an activating group) is 1. The van der Waals surface area contributed by atoms with E-state index in [1.807, 2.05) is 36.4 Å². The van der Waals surface area contributed by atoms with Gasteiger partial charge in [0, 0.05) is 13.6 Å². The average Bonchev–Trinajstić information content (AvgIpc) is 2.53. The number of carboxylic acid groups (broad SMARTS) is 1. The molecule has 114 valence electrons. The van der Waals surface area contributed by atoms with E-state index in [4.69, 9.17) is 5.11 Å². The third-order valence-corrected chi connectivity index (χ3v) is 3.29. The number of hydrogen-bond acceptors (Lipinski definition) is 2. The Hall–Kier alpha value is -2.82. The maximum Gasteiger partial charge on any atom is 0.405 e. The number of carbonyl (C=O) groups excluding carboxylic acids is 1. The third kappa shape index (κ3) is 4.09. The normalized spacial score (nSPS) is 11.5. The van der Waals surface area contributed by atoms with Crippen LogP contribution < -0.4 is 5.32 Å². The van der Waals surface area contributed by atoms with Crippen molar-refractivity contribution in [3.63, 3.8) is 0 Å². The second kappa shape index (κ2) is 7.26. The van der Waals surface area contributed by atoms with Crippen LogP contribution in [0, 0.1) is 0 Å². The molecule has 2 N–H and O–H groups in total. The Morgan fingerprint density at radius 1 is 1.05 bits per heavy atom. The van der Waals surface area contributed by atoms with Crippen molar-refractivity contribution in [3.05, 3.63) is 71.8 Å². The maximum atomic E-state index is 12.6. The highest BCUT2D eigenvalue weighted by Gasteiger charge is 2.25. The third-order valence-electron chi connectivity index (χ3n) is 3.29. The van der Waals surface area contributed by atoms with Gasteiger partial charge in [0.05, 0.1) is 0 Å². The number of benzene rings is 2. The summed E-state index contributed by atoms with van der Waals surface area (Å²) < 4.78 is 0. The molecule has 0 heterocycles. The lowest BCUT2D eigenvalue weighted by Gasteiger charge is -2.24. The lowest BCUT2D eigenvalue weighted by atomic mass is 10.1. The molecule has 0 radical (unpaired) electrons. The van der Waals surface area contributed by atoms with Crippen molar-refractivity contribution in [2.24, 2.45) is 0 Å². The Labute approximate surface area is 129 Å². The van der Waals surface area contributed by atoms with Gasteiger partial charge in [0.25, 0.3) is 0 Å². The molecule has 0 saturated heterocycles. The SMILES string of the molecule is CN(Cc1ccccc1)C(=O)[C@H](NC(=O)O)c1ccccc1. The number of hydrogen-bond donors (Lipinski definition) is 2. The Bertz CT molecular complexity index is 629. The van der Waals surface area contributed by atoms with Crippen molar-refractivity contribution in [2.75, 3.05) is 7.05 Å². The first-order valence-electron chi connectivity index (χ1n) is 6.91. The standard InChI is InChI=1S/C17H18N2O3/c1-19(12-13-8-4-2-5-9-13)16(20)15(18-17(21)22)14-10-6-3-7-11-14/h2-11,15,18H,12H2,1H3,(H,21,22)/t15-/m1/s1. The zero-order valence-corrected chi connectivity index (χ0v) is 12.3. The second-order valence-electron chi connectivity index (χ2n) is 4.97. The van der Waals surface area contributed by atoms with Crippen molar-refractivity contribution < 1.29 is 14.7 Å². The molecule has 2 rings (SSSR count). The minimum Gasteiger partial charge on any atom is -0.465 e. The molecule has 0 saturated carbocycles. The van der Waals surface area contributed by atoms with E-state index >= 15 is 0 Å². The predicted octanol–water partition coefficient (Wildman–Crippen LogP) is 2.65. The van der Waals surface area contributed by atoms with Crippen LogP contribution in [0.1, 0.15) is 17.2 Å². The number of nitrogens with one attached hydrogen (secondary N) is 1. The van der Waals surface area contributed by atoms with Crippen molar-refractivity contribution in [1.82, 2.24) is 10.2 Å². The van der Waals surface area contributed by atoms with Crippen LogP contribution >= 0.6 is 0 Å². The molecule has 0 unspecified atom stereocenters. The van der Waals surface area contributed by atoms with Crippen LogP contribution in [0.4, 0.5) is 4.79 Å². The van der Waals surface area contributed by atoms with E-state index in [-0.39, 0.29) is 5.91 Å². The molecule has 2 amide bonds. The molecule has 5 nitrogen and oxygen atoms in total. The molecule has 22 heavy (non-hydrogen) atoms. The summed E-state index contributed by atoms with van der Waals surface area (Å²) in [4.78, 5) is 25.1. The Kier molecular flexibility index (Phi) is 5.14. The summed E-state index contributed by atoms with van der Waals surface area (Å²) in [6.45, 7) is 0.421. The number of rotatable bonds is 5. The predicted molar refractivity (Wildman–Crippen MR) is 83.3 cm³/mol. The molecule has 0 aliphatic heterocycles. The summed E-state index contributed by atoms with van der Waals surface area (Å²) in [5, 5.41) is 11.3. The summed E-state index contributed by atoms with van der Waals surface area (Å²) in [5.74, 6) is -0.294. The fourth-order valence-corrected chi connectivity index (χ4v) is 2.21. The van der Waals surface area contributed by atoms with E-state index in [0.29, 0.717) is 12.1 Å². The summed E-state index contributed by atoms with van der Waals surface area (Å²) in [5.41, 5.74) is 1.61. The van der Waals surface area contributed by atoms with E-state index in [9.17, 15) is 9.59 Å². The molecule has 0 fully saturated rings. The lowest BCUT2D eigenvalue weighted by molar-refractivity contribution is -0.132. The van der Waals surface area contributed by atoms with Crippen molar-refractivity contribution in [2.45, 2.75) is 12.6 Å². The first-order valence-corrected chi connectivity index (χ1v) is 6.91. The lowest BCUT2D eigenvalue weighted by Crippen LogP contribution is -2.40. The Morgan fingerprint density at radius 2 is 1.59 bits per heavy atom. The van der Waals surface area contributed by atoms with E-state index in [1.54, 1.807) is 31.3 Å². The smallest absolute Gasteiger partial charge is 0.405 e. The van der Waals surface area contributed by atoms with Crippen LogP contribution in [-0.2, 0) is 11.3 Å². The van der Waals surface area contributed by atoms with Crippen molar-refractivity contribution in [3.8, 4) is 0 Å². The van der Waals surface area contributed by atoms with Gasteiger partial charge >= 0.3 is 6.09 Å². The fourth-order valence-electron chi connectivity index (χ4n) is 2.21. The highest BCUT2D eigenvalue weighted by Crippen LogP contribution is 2.16. The zero-order valence-electron chi connectivity index (χ0n) is 12.3. The second-order valence-corrected chi connectivity index (χ2v) is 4.97. The molecule has 0 spiro atoms. The molecule has 0 bridgehead atoms. The molecule has 1 atom stereocenters. The van der Waals surface area contributed by atoms with Crippen LogP contribution in [0.15, 0.2) is 60.7 Å². The van der Waals surface area contributed by atoms with Crippen LogP contribution in [0.3, 0.4) is 0 Å². The van der Waals surface area contributed by atoms with Gasteiger partial charge < -0.3 is 15.3 Å². The van der Waals surface area contributed by atoms with Crippen molar-refractivity contribution in [1.29, 1.82) is 0 Å². The monoisotopic (exact) mass is 298 g/mol. The van der Waals surface area contributed by atoms with Gasteiger partial charge in [-0.25, -0.2) is 4.79 Å². The first-order chi connectivity index (χ1) is 10.6. The van der Waals surface area contributed by atoms with Gasteiger partial charge in [0.15, 0.2) is 0 Å². The molecule has 5 heteroatoms. The van der Waals surface area contributed by atoms with E-state index in [0.717, 1.165) is 5.56 Å². The number of carbonyl (C=O) groups is 2. The Balaban J connectivity index is 2.16. The van der Waals surface area contributed by atoms with Gasteiger partial charge in [-0.15, -0.1) is 0 Å². The number of nitrogens with zero attached hydrogens (tertiary/aromatic N) is 1. The summed E-state index contributed by atoms with van der Waals surface area (Å²) in [6, 6.07) is 17.5. The minimum absolute atomic E-state index is 0.294. The molecular formula is C17H18N2O3. The van der Waals surface area contributed by atoms with Gasteiger partial charge in [-0.05, 0) is 11.1 Å². The highest BCUT2D eigenvalue weighted by molar-refractivity contribution is 5.86. The fraction of sp³-hybridized carbons (Fsp3) is 0.176. The quantitative estimate of drug-likeness (QED) is 0.891. The molecule has 2 aromatic rings. The van der Waals surface area contributed by atoms with E-state index in [2.05, 4.69) is 5.32 Å². The first kappa shape index (κ1) is 15.6. The minimum atomic E-state index is -1.23. The van der Waals surface area contributed by atoms with Gasteiger partial charge in [-0.2, -0.15) is 0 Å². The molecule has 0 aromatic heterocycles. The maximum absolute atomic E-state index is 12.6. The highest BCUT2D eigenvalue weighted by atomic mass is 16.4. The molecular weight excluding hydrogens is 280 g/mol. The van der Waals surface area contributed by atoms with Gasteiger partial charge in [-0.3, -0.25) is 4.79 Å². The van der Waals surface area contributed by atoms with Crippen LogP contribution in [0.2, 0.25) is 0 Å². The van der Waals surface area contributed by atoms with E-state index in [1.165, 1.54) is 4.90 Å². The summed E-state index contributed by atoms with van der Waals surface area (Å²) >= 11 is 0. The zero-order chi connectivity index (χ0) is 15.9. The van der Waals surface area contributed by atoms with Crippen LogP contribution in [0.25, 0.3) is 0 Å². The molecule has 0 aliphatic rings. The molecule has 2 aromatic carbocycles. The van der Waals surface area contributed by atoms with E-state index < -0.39 is 12.1 Å². The Morgan fingerprint density at radius 3 is 2.14 bits per heavy atom. The number of amides is 2. The molecule has 0 aliphatic carbocycles. The van der Waals surface area contributed by atoms with Gasteiger partial charge in [-0.1, -0.05) is 60.7 Å². The van der Waals surface area contributed by atoms with Crippen LogP contribution in [0.5, 0.6) is 0 Å². The summed E-state index contributed by atoms with van der Waals surface area (Å²) in [7, 11) is 1.66. The van der Waals surface area contributed by atoms with Gasteiger partial charge in [0.2, 0.25) is 5.91 Å². The summed E-state index contributed by atoms with van der Waals surface area (Å²) in [6.07, 6.45) is -1.23. The van der Waals surface area contributed by atoms with Crippen molar-refractivity contribution >= 4 is 12.0 Å².